The van der Waals surface area contributed by atoms with Crippen LogP contribution in [0.5, 0.6) is 5.75 Å². The molecule has 1 aliphatic rings. The second-order valence-corrected chi connectivity index (χ2v) is 6.58. The Morgan fingerprint density at radius 3 is 2.79 bits per heavy atom. The first-order valence-electron chi connectivity index (χ1n) is 8.77. The fourth-order valence-electron chi connectivity index (χ4n) is 2.97. The minimum Gasteiger partial charge on any atom is -0.406 e. The molecule has 0 aliphatic carbocycles. The van der Waals surface area contributed by atoms with E-state index in [0.29, 0.717) is 24.4 Å². The molecule has 1 fully saturated rings. The fourth-order valence-corrected chi connectivity index (χ4v) is 2.97. The summed E-state index contributed by atoms with van der Waals surface area (Å²) >= 11 is 0. The predicted octanol–water partition coefficient (Wildman–Crippen LogP) is 2.46. The maximum absolute atomic E-state index is 12.2. The van der Waals surface area contributed by atoms with E-state index >= 15 is 0 Å². The first-order valence-corrected chi connectivity index (χ1v) is 8.77. The van der Waals surface area contributed by atoms with Gasteiger partial charge in [0, 0.05) is 19.2 Å². The summed E-state index contributed by atoms with van der Waals surface area (Å²) in [7, 11) is 0. The van der Waals surface area contributed by atoms with Gasteiger partial charge in [-0.3, -0.25) is 9.69 Å². The van der Waals surface area contributed by atoms with Crippen molar-refractivity contribution in [1.29, 1.82) is 0 Å². The molecule has 152 valence electrons. The number of carbonyl (C=O) groups excluding carboxylic acids is 1. The largest absolute Gasteiger partial charge is 0.573 e. The van der Waals surface area contributed by atoms with Gasteiger partial charge in [0.15, 0.2) is 11.5 Å². The number of benzene rings is 1. The van der Waals surface area contributed by atoms with Crippen molar-refractivity contribution in [3.63, 3.8) is 0 Å². The van der Waals surface area contributed by atoms with Crippen LogP contribution < -0.4 is 10.1 Å². The van der Waals surface area contributed by atoms with Gasteiger partial charge in [-0.25, -0.2) is 0 Å². The van der Waals surface area contributed by atoms with Crippen LogP contribution in [0.25, 0.3) is 0 Å². The van der Waals surface area contributed by atoms with Gasteiger partial charge in [-0.05, 0) is 37.1 Å². The molecule has 7 nitrogen and oxygen atoms in total. The van der Waals surface area contributed by atoms with Crippen LogP contribution in [-0.4, -0.2) is 46.6 Å². The van der Waals surface area contributed by atoms with Crippen molar-refractivity contribution in [3.05, 3.63) is 47.3 Å². The Morgan fingerprint density at radius 1 is 1.36 bits per heavy atom. The van der Waals surface area contributed by atoms with Crippen molar-refractivity contribution in [2.45, 2.75) is 38.4 Å². The molecule has 1 saturated heterocycles. The highest BCUT2D eigenvalue weighted by atomic mass is 19.4. The Kier molecular flexibility index (Phi) is 6.20. The molecular formula is C18H20F3N3O4. The smallest absolute Gasteiger partial charge is 0.406 e. The molecule has 0 bridgehead atoms. The van der Waals surface area contributed by atoms with E-state index in [0.717, 1.165) is 19.4 Å². The summed E-state index contributed by atoms with van der Waals surface area (Å²) in [6, 6.07) is 6.75. The van der Waals surface area contributed by atoms with Gasteiger partial charge in [0.1, 0.15) is 5.75 Å². The number of amides is 1. The zero-order valence-corrected chi connectivity index (χ0v) is 14.9. The first kappa shape index (κ1) is 20.2. The Balaban J connectivity index is 1.49. The lowest BCUT2D eigenvalue weighted by atomic mass is 10.1. The summed E-state index contributed by atoms with van der Waals surface area (Å²) < 4.78 is 45.4. The number of halogens is 3. The molecule has 1 amide bonds. The number of aromatic nitrogens is 1. The van der Waals surface area contributed by atoms with Crippen LogP contribution in [0.2, 0.25) is 0 Å². The number of aliphatic hydroxyl groups excluding tert-OH is 1. The number of rotatable bonds is 6. The second-order valence-electron chi connectivity index (χ2n) is 6.58. The van der Waals surface area contributed by atoms with Crippen LogP contribution in [-0.2, 0) is 13.1 Å². The van der Waals surface area contributed by atoms with Crippen LogP contribution in [0.15, 0.2) is 34.9 Å². The molecule has 1 aromatic heterocycles. The number of nitrogens with one attached hydrogen (secondary N) is 1. The number of hydrogen-bond donors (Lipinski definition) is 2. The Morgan fingerprint density at radius 2 is 2.11 bits per heavy atom. The highest BCUT2D eigenvalue weighted by Crippen LogP contribution is 2.22. The Hall–Kier alpha value is -2.59. The van der Waals surface area contributed by atoms with Crippen molar-refractivity contribution in [2.24, 2.45) is 0 Å². The molecule has 28 heavy (non-hydrogen) atoms. The lowest BCUT2D eigenvalue weighted by Gasteiger charge is -2.28. The third-order valence-corrected chi connectivity index (χ3v) is 4.26. The number of carbonyl (C=O) groups is 1. The zero-order valence-electron chi connectivity index (χ0n) is 14.9. The van der Waals surface area contributed by atoms with E-state index in [4.69, 9.17) is 4.52 Å². The zero-order chi connectivity index (χ0) is 20.1. The lowest BCUT2D eigenvalue weighted by Crippen LogP contribution is -2.37. The van der Waals surface area contributed by atoms with Gasteiger partial charge in [0.2, 0.25) is 0 Å². The number of ether oxygens (including phenoxy) is 1. The van der Waals surface area contributed by atoms with Crippen molar-refractivity contribution in [3.8, 4) is 5.75 Å². The Bertz CT molecular complexity index is 792. The number of hydrogen-bond acceptors (Lipinski definition) is 6. The van der Waals surface area contributed by atoms with E-state index in [1.165, 1.54) is 30.3 Å². The monoisotopic (exact) mass is 399 g/mol. The predicted molar refractivity (Wildman–Crippen MR) is 91.3 cm³/mol. The fraction of sp³-hybridized carbons (Fsp3) is 0.444. The molecule has 2 N–H and O–H groups in total. The van der Waals surface area contributed by atoms with Crippen LogP contribution in [0.3, 0.4) is 0 Å². The SMILES string of the molecule is O=C(NCc1ccc(OC(F)(F)F)cc1)c1cc(CN2CCC[C@H](O)C2)on1. The van der Waals surface area contributed by atoms with E-state index < -0.39 is 12.3 Å². The van der Waals surface area contributed by atoms with Crippen LogP contribution in [0.1, 0.15) is 34.7 Å². The third kappa shape index (κ3) is 5.96. The second kappa shape index (κ2) is 8.61. The van der Waals surface area contributed by atoms with Crippen molar-refractivity contribution in [1.82, 2.24) is 15.4 Å². The molecule has 1 atom stereocenters. The standard InChI is InChI=1S/C18H20F3N3O4/c19-18(20,21)27-14-5-3-12(4-6-14)9-22-17(26)16-8-15(28-23-16)11-24-7-1-2-13(25)10-24/h3-6,8,13,25H,1-2,7,9-11H2,(H,22,26)/t13-/m0/s1. The summed E-state index contributed by atoms with van der Waals surface area (Å²) in [6.45, 7) is 1.97. The molecule has 0 saturated carbocycles. The normalized spacial score (nSPS) is 18.1. The molecule has 0 spiro atoms. The van der Waals surface area contributed by atoms with Gasteiger partial charge in [-0.15, -0.1) is 13.2 Å². The highest BCUT2D eigenvalue weighted by molar-refractivity contribution is 5.92. The molecule has 2 heterocycles. The van der Waals surface area contributed by atoms with E-state index in [-0.39, 0.29) is 24.1 Å². The number of nitrogens with zero attached hydrogens (tertiary/aromatic N) is 2. The van der Waals surface area contributed by atoms with Crippen LogP contribution >= 0.6 is 0 Å². The van der Waals surface area contributed by atoms with Gasteiger partial charge >= 0.3 is 6.36 Å². The van der Waals surface area contributed by atoms with Gasteiger partial charge in [0.05, 0.1) is 12.6 Å². The molecule has 1 aliphatic heterocycles. The molecular weight excluding hydrogens is 379 g/mol. The van der Waals surface area contributed by atoms with Gasteiger partial charge in [-0.1, -0.05) is 17.3 Å². The molecule has 1 aromatic carbocycles. The number of aliphatic hydroxyl groups is 1. The van der Waals surface area contributed by atoms with E-state index in [2.05, 4.69) is 15.2 Å². The molecule has 10 heteroatoms. The van der Waals surface area contributed by atoms with Crippen molar-refractivity contribution in [2.75, 3.05) is 13.1 Å². The molecule has 0 radical (unpaired) electrons. The van der Waals surface area contributed by atoms with Crippen LogP contribution in [0, 0.1) is 0 Å². The van der Waals surface area contributed by atoms with Gasteiger partial charge < -0.3 is 19.7 Å². The quantitative estimate of drug-likeness (QED) is 0.776. The average molecular weight is 399 g/mol. The number of alkyl halides is 3. The lowest BCUT2D eigenvalue weighted by molar-refractivity contribution is -0.274. The van der Waals surface area contributed by atoms with E-state index in [1.807, 2.05) is 4.90 Å². The summed E-state index contributed by atoms with van der Waals surface area (Å²) in [5.74, 6) is -0.260. The minimum atomic E-state index is -4.74. The van der Waals surface area contributed by atoms with Crippen LogP contribution in [0.4, 0.5) is 13.2 Å². The average Bonchev–Trinajstić information content (AvgIpc) is 3.08. The summed E-state index contributed by atoms with van der Waals surface area (Å²) in [5.41, 5.74) is 0.721. The number of β-amino-alcohol motifs (C(OH)–C–C–N with tert-alkyl or cyclic N) is 1. The highest BCUT2D eigenvalue weighted by Gasteiger charge is 2.31. The van der Waals surface area contributed by atoms with Crippen molar-refractivity contribution < 1.29 is 32.3 Å². The summed E-state index contributed by atoms with van der Waals surface area (Å²) in [6.07, 6.45) is -3.42. The summed E-state index contributed by atoms with van der Waals surface area (Å²) in [4.78, 5) is 14.2. The van der Waals surface area contributed by atoms with E-state index in [1.54, 1.807) is 0 Å². The first-order chi connectivity index (χ1) is 13.3. The summed E-state index contributed by atoms with van der Waals surface area (Å²) in [5, 5.41) is 16.1. The molecule has 3 rings (SSSR count). The van der Waals surface area contributed by atoms with Gasteiger partial charge in [-0.2, -0.15) is 0 Å². The Labute approximate surface area is 159 Å². The number of piperidine rings is 1. The van der Waals surface area contributed by atoms with E-state index in [9.17, 15) is 23.1 Å². The number of likely N-dealkylation sites (tertiary alicyclic amines) is 1. The van der Waals surface area contributed by atoms with Gasteiger partial charge in [0.25, 0.3) is 5.91 Å². The molecule has 2 aromatic rings. The van der Waals surface area contributed by atoms with Crippen molar-refractivity contribution >= 4 is 5.91 Å². The third-order valence-electron chi connectivity index (χ3n) is 4.26. The topological polar surface area (TPSA) is 87.8 Å². The molecule has 0 unspecified atom stereocenters. The maximum Gasteiger partial charge on any atom is 0.573 e. The maximum atomic E-state index is 12.2. The minimum absolute atomic E-state index is 0.115.